The molecule has 0 spiro atoms. The number of hydrogen-bond donors (Lipinski definition) is 1. The van der Waals surface area contributed by atoms with E-state index in [-0.39, 0.29) is 17.2 Å². The molecule has 0 aliphatic rings. The number of nitrogens with zero attached hydrogens (tertiary/aromatic N) is 3. The van der Waals surface area contributed by atoms with Crippen LogP contribution in [0.15, 0.2) is 70.7 Å². The SMILES string of the molecule is Cc1ccc(-n2c(SCC(=O)Nc3ccc(C)c(C)c3)nc3ccccc3c2=O)nc1. The third-order valence-corrected chi connectivity index (χ3v) is 5.93. The number of nitrogens with one attached hydrogen (secondary N) is 1. The van der Waals surface area contributed by atoms with Crippen LogP contribution in [0, 0.1) is 20.8 Å². The Morgan fingerprint density at radius 1 is 1.03 bits per heavy atom. The van der Waals surface area contributed by atoms with Gasteiger partial charge < -0.3 is 5.32 Å². The smallest absolute Gasteiger partial charge is 0.267 e. The zero-order valence-electron chi connectivity index (χ0n) is 17.5. The van der Waals surface area contributed by atoms with Gasteiger partial charge in [-0.05, 0) is 67.8 Å². The van der Waals surface area contributed by atoms with E-state index in [0.29, 0.717) is 21.9 Å². The van der Waals surface area contributed by atoms with Crippen LogP contribution >= 0.6 is 11.8 Å². The van der Waals surface area contributed by atoms with Crippen molar-refractivity contribution in [3.05, 3.63) is 87.8 Å². The first-order valence-electron chi connectivity index (χ1n) is 9.87. The van der Waals surface area contributed by atoms with Crippen molar-refractivity contribution in [2.24, 2.45) is 0 Å². The van der Waals surface area contributed by atoms with Crippen LogP contribution in [-0.4, -0.2) is 26.2 Å². The zero-order valence-corrected chi connectivity index (χ0v) is 18.4. The molecule has 0 radical (unpaired) electrons. The molecule has 0 bridgehead atoms. The maximum absolute atomic E-state index is 13.2. The topological polar surface area (TPSA) is 76.9 Å². The summed E-state index contributed by atoms with van der Waals surface area (Å²) in [6, 6.07) is 16.7. The fourth-order valence-electron chi connectivity index (χ4n) is 3.15. The standard InChI is InChI=1S/C24H22N4O2S/c1-15-8-11-21(25-13-15)28-23(30)19-6-4-5-7-20(19)27-24(28)31-14-22(29)26-18-10-9-16(2)17(3)12-18/h4-13H,14H2,1-3H3,(H,26,29). The molecule has 156 valence electrons. The molecule has 0 unspecified atom stereocenters. The van der Waals surface area contributed by atoms with E-state index in [1.54, 1.807) is 24.4 Å². The fourth-order valence-corrected chi connectivity index (χ4v) is 3.95. The van der Waals surface area contributed by atoms with Crippen LogP contribution in [0.1, 0.15) is 16.7 Å². The highest BCUT2D eigenvalue weighted by molar-refractivity contribution is 7.99. The van der Waals surface area contributed by atoms with Gasteiger partial charge in [0.2, 0.25) is 5.91 Å². The molecule has 2 aromatic heterocycles. The number of aromatic nitrogens is 3. The van der Waals surface area contributed by atoms with Gasteiger partial charge in [0, 0.05) is 11.9 Å². The Balaban J connectivity index is 1.65. The van der Waals surface area contributed by atoms with Gasteiger partial charge in [-0.1, -0.05) is 36.0 Å². The molecule has 0 fully saturated rings. The Bertz CT molecular complexity index is 1330. The number of amides is 1. The lowest BCUT2D eigenvalue weighted by Gasteiger charge is -2.13. The van der Waals surface area contributed by atoms with Gasteiger partial charge in [0.1, 0.15) is 5.82 Å². The average Bonchev–Trinajstić information content (AvgIpc) is 2.76. The summed E-state index contributed by atoms with van der Waals surface area (Å²) in [7, 11) is 0. The highest BCUT2D eigenvalue weighted by atomic mass is 32.2. The van der Waals surface area contributed by atoms with Crippen molar-refractivity contribution in [2.75, 3.05) is 11.1 Å². The molecule has 0 saturated carbocycles. The molecule has 1 N–H and O–H groups in total. The van der Waals surface area contributed by atoms with Crippen molar-refractivity contribution in [1.82, 2.24) is 14.5 Å². The summed E-state index contributed by atoms with van der Waals surface area (Å²) in [5, 5.41) is 3.84. The summed E-state index contributed by atoms with van der Waals surface area (Å²) in [5.41, 5.74) is 4.40. The lowest BCUT2D eigenvalue weighted by atomic mass is 10.1. The van der Waals surface area contributed by atoms with Crippen molar-refractivity contribution in [1.29, 1.82) is 0 Å². The molecule has 4 aromatic rings. The van der Waals surface area contributed by atoms with Crippen LogP contribution in [-0.2, 0) is 4.79 Å². The van der Waals surface area contributed by atoms with Crippen molar-refractivity contribution in [3.63, 3.8) is 0 Å². The molecule has 7 heteroatoms. The first-order valence-corrected chi connectivity index (χ1v) is 10.9. The van der Waals surface area contributed by atoms with Crippen molar-refractivity contribution >= 4 is 34.3 Å². The van der Waals surface area contributed by atoms with Gasteiger partial charge in [0.05, 0.1) is 16.7 Å². The number of thioether (sulfide) groups is 1. The quantitative estimate of drug-likeness (QED) is 0.374. The van der Waals surface area contributed by atoms with Gasteiger partial charge >= 0.3 is 0 Å². The average molecular weight is 431 g/mol. The van der Waals surface area contributed by atoms with E-state index in [4.69, 9.17) is 0 Å². The molecule has 0 aliphatic carbocycles. The zero-order chi connectivity index (χ0) is 22.0. The highest BCUT2D eigenvalue weighted by Crippen LogP contribution is 2.21. The van der Waals surface area contributed by atoms with Crippen molar-refractivity contribution in [2.45, 2.75) is 25.9 Å². The van der Waals surface area contributed by atoms with Gasteiger partial charge in [-0.25, -0.2) is 14.5 Å². The minimum Gasteiger partial charge on any atom is -0.325 e. The molecule has 2 heterocycles. The van der Waals surface area contributed by atoms with E-state index in [1.807, 2.05) is 57.2 Å². The number of anilines is 1. The number of rotatable bonds is 5. The number of pyridine rings is 1. The van der Waals surface area contributed by atoms with Crippen LogP contribution in [0.4, 0.5) is 5.69 Å². The molecular formula is C24H22N4O2S. The van der Waals surface area contributed by atoms with Gasteiger partial charge in [0.15, 0.2) is 5.16 Å². The van der Waals surface area contributed by atoms with Gasteiger partial charge in [-0.3, -0.25) is 9.59 Å². The number of hydrogen-bond acceptors (Lipinski definition) is 5. The molecule has 4 rings (SSSR count). The summed E-state index contributed by atoms with van der Waals surface area (Å²) in [5.74, 6) is 0.425. The fraction of sp³-hybridized carbons (Fsp3) is 0.167. The van der Waals surface area contributed by atoms with E-state index in [9.17, 15) is 9.59 Å². The van der Waals surface area contributed by atoms with E-state index >= 15 is 0 Å². The largest absolute Gasteiger partial charge is 0.325 e. The minimum absolute atomic E-state index is 0.115. The second-order valence-electron chi connectivity index (χ2n) is 7.38. The van der Waals surface area contributed by atoms with E-state index in [2.05, 4.69) is 15.3 Å². The maximum atomic E-state index is 13.2. The number of aryl methyl sites for hydroxylation is 3. The summed E-state index contributed by atoms with van der Waals surface area (Å²) in [6.07, 6.45) is 1.71. The number of benzene rings is 2. The van der Waals surface area contributed by atoms with Gasteiger partial charge in [0.25, 0.3) is 5.56 Å². The van der Waals surface area contributed by atoms with E-state index in [0.717, 1.165) is 16.8 Å². The summed E-state index contributed by atoms with van der Waals surface area (Å²) >= 11 is 1.21. The minimum atomic E-state index is -0.209. The Hall–Kier alpha value is -3.45. The van der Waals surface area contributed by atoms with Crippen LogP contribution in [0.5, 0.6) is 0 Å². The van der Waals surface area contributed by atoms with E-state index < -0.39 is 0 Å². The van der Waals surface area contributed by atoms with Crippen molar-refractivity contribution in [3.8, 4) is 5.82 Å². The number of fused-ring (bicyclic) bond motifs is 1. The highest BCUT2D eigenvalue weighted by Gasteiger charge is 2.15. The molecule has 2 aromatic carbocycles. The third kappa shape index (κ3) is 4.51. The molecule has 0 aliphatic heterocycles. The lowest BCUT2D eigenvalue weighted by molar-refractivity contribution is -0.113. The van der Waals surface area contributed by atoms with E-state index in [1.165, 1.54) is 21.9 Å². The first-order chi connectivity index (χ1) is 14.9. The van der Waals surface area contributed by atoms with Crippen molar-refractivity contribution < 1.29 is 4.79 Å². The summed E-state index contributed by atoms with van der Waals surface area (Å²) in [4.78, 5) is 34.8. The predicted molar refractivity (Wildman–Crippen MR) is 125 cm³/mol. The molecule has 0 atom stereocenters. The maximum Gasteiger partial charge on any atom is 0.267 e. The second kappa shape index (κ2) is 8.73. The van der Waals surface area contributed by atoms with Crippen LogP contribution < -0.4 is 10.9 Å². The first kappa shape index (κ1) is 20.8. The summed E-state index contributed by atoms with van der Waals surface area (Å²) in [6.45, 7) is 5.97. The number of carbonyl (C=O) groups excluding carboxylic acids is 1. The van der Waals surface area contributed by atoms with Gasteiger partial charge in [-0.2, -0.15) is 0 Å². The lowest BCUT2D eigenvalue weighted by Crippen LogP contribution is -2.23. The molecule has 0 saturated heterocycles. The predicted octanol–water partition coefficient (Wildman–Crippen LogP) is 4.44. The second-order valence-corrected chi connectivity index (χ2v) is 8.32. The van der Waals surface area contributed by atoms with Crippen LogP contribution in [0.2, 0.25) is 0 Å². The number of carbonyl (C=O) groups is 1. The summed E-state index contributed by atoms with van der Waals surface area (Å²) < 4.78 is 1.47. The van der Waals surface area contributed by atoms with Crippen LogP contribution in [0.25, 0.3) is 16.7 Å². The Kier molecular flexibility index (Phi) is 5.86. The van der Waals surface area contributed by atoms with Gasteiger partial charge in [-0.15, -0.1) is 0 Å². The number of para-hydroxylation sites is 1. The molecule has 1 amide bonds. The normalized spacial score (nSPS) is 10.9. The Morgan fingerprint density at radius 3 is 2.58 bits per heavy atom. The Morgan fingerprint density at radius 2 is 1.84 bits per heavy atom. The third-order valence-electron chi connectivity index (χ3n) is 4.99. The molecular weight excluding hydrogens is 408 g/mol. The molecule has 31 heavy (non-hydrogen) atoms. The Labute approximate surface area is 184 Å². The monoisotopic (exact) mass is 430 g/mol. The van der Waals surface area contributed by atoms with Crippen LogP contribution in [0.3, 0.4) is 0 Å². The molecule has 6 nitrogen and oxygen atoms in total.